The van der Waals surface area contributed by atoms with Crippen LogP contribution in [0.3, 0.4) is 0 Å². The van der Waals surface area contributed by atoms with Gasteiger partial charge in [0.15, 0.2) is 11.5 Å². The topological polar surface area (TPSA) is 60.4 Å². The highest BCUT2D eigenvalue weighted by Gasteiger charge is 2.14. The van der Waals surface area contributed by atoms with Crippen LogP contribution in [0.1, 0.15) is 19.4 Å². The fourth-order valence-electron chi connectivity index (χ4n) is 2.35. The predicted molar refractivity (Wildman–Crippen MR) is 93.8 cm³/mol. The Kier molecular flexibility index (Phi) is 9.71. The summed E-state index contributed by atoms with van der Waals surface area (Å²) in [6.45, 7) is 6.77. The van der Waals surface area contributed by atoms with Crippen molar-refractivity contribution >= 4 is 0 Å². The van der Waals surface area contributed by atoms with Gasteiger partial charge in [-0.05, 0) is 31.5 Å². The molecule has 24 heavy (non-hydrogen) atoms. The van der Waals surface area contributed by atoms with Crippen molar-refractivity contribution in [3.8, 4) is 11.5 Å². The molecule has 0 aliphatic heterocycles. The molecule has 1 N–H and O–H groups in total. The summed E-state index contributed by atoms with van der Waals surface area (Å²) in [6.07, 6.45) is -0.428. The van der Waals surface area contributed by atoms with E-state index in [-0.39, 0.29) is 6.10 Å². The molecule has 0 fully saturated rings. The second kappa shape index (κ2) is 11.3. The first-order valence-electron chi connectivity index (χ1n) is 8.22. The fraction of sp³-hybridized carbons (Fsp3) is 0.667. The number of nitrogens with zero attached hydrogens (tertiary/aromatic N) is 1. The van der Waals surface area contributed by atoms with Gasteiger partial charge in [0.25, 0.3) is 0 Å². The van der Waals surface area contributed by atoms with E-state index in [9.17, 15) is 5.11 Å². The number of benzene rings is 1. The van der Waals surface area contributed by atoms with Crippen molar-refractivity contribution in [2.24, 2.45) is 0 Å². The van der Waals surface area contributed by atoms with Gasteiger partial charge in [0, 0.05) is 26.7 Å². The fourth-order valence-corrected chi connectivity index (χ4v) is 2.35. The number of methoxy groups -OCH3 is 3. The summed E-state index contributed by atoms with van der Waals surface area (Å²) in [5.74, 6) is 1.40. The number of aliphatic hydroxyl groups excluding tert-OH is 1. The molecule has 0 bridgehead atoms. The highest BCUT2D eigenvalue weighted by atomic mass is 16.5. The zero-order valence-electron chi connectivity index (χ0n) is 15.4. The molecule has 0 aromatic heterocycles. The van der Waals surface area contributed by atoms with E-state index in [0.717, 1.165) is 12.1 Å². The molecule has 0 aliphatic carbocycles. The van der Waals surface area contributed by atoms with E-state index >= 15 is 0 Å². The first kappa shape index (κ1) is 20.7. The zero-order chi connectivity index (χ0) is 17.9. The van der Waals surface area contributed by atoms with E-state index in [1.54, 1.807) is 21.3 Å². The SMILES string of the molecule is COCCN(Cc1ccc(OC)c(OC)c1)C[C@H](O)COC(C)C. The van der Waals surface area contributed by atoms with Crippen LogP contribution in [0.5, 0.6) is 11.5 Å². The van der Waals surface area contributed by atoms with Crippen LogP contribution in [0.4, 0.5) is 0 Å². The third kappa shape index (κ3) is 7.49. The molecule has 0 radical (unpaired) electrons. The summed E-state index contributed by atoms with van der Waals surface area (Å²) in [5, 5.41) is 10.2. The Bertz CT molecular complexity index is 467. The Labute approximate surface area is 145 Å². The molecule has 138 valence electrons. The molecular weight excluding hydrogens is 310 g/mol. The average Bonchev–Trinajstić information content (AvgIpc) is 2.57. The quantitative estimate of drug-likeness (QED) is 0.627. The molecular formula is C18H31NO5. The standard InChI is InChI=1S/C18H31NO5/c1-14(2)24-13-16(20)12-19(8-9-21-3)11-15-6-7-17(22-4)18(10-15)23-5/h6-7,10,14,16,20H,8-9,11-13H2,1-5H3/t16-/m0/s1. The minimum absolute atomic E-state index is 0.109. The van der Waals surface area contributed by atoms with Crippen LogP contribution < -0.4 is 9.47 Å². The first-order chi connectivity index (χ1) is 11.5. The van der Waals surface area contributed by atoms with Gasteiger partial charge in [-0.15, -0.1) is 0 Å². The van der Waals surface area contributed by atoms with Crippen molar-refractivity contribution in [2.45, 2.75) is 32.6 Å². The van der Waals surface area contributed by atoms with Crippen LogP contribution >= 0.6 is 0 Å². The first-order valence-corrected chi connectivity index (χ1v) is 8.22. The van der Waals surface area contributed by atoms with Gasteiger partial charge in [-0.1, -0.05) is 6.07 Å². The zero-order valence-corrected chi connectivity index (χ0v) is 15.4. The van der Waals surface area contributed by atoms with Crippen LogP contribution in [0, 0.1) is 0 Å². The maximum atomic E-state index is 10.2. The van der Waals surface area contributed by atoms with Crippen LogP contribution in [0.25, 0.3) is 0 Å². The lowest BCUT2D eigenvalue weighted by molar-refractivity contribution is -0.0121. The molecule has 0 saturated heterocycles. The Morgan fingerprint density at radius 2 is 1.79 bits per heavy atom. The Hall–Kier alpha value is -1.34. The predicted octanol–water partition coefficient (Wildman–Crippen LogP) is 1.94. The normalized spacial score (nSPS) is 12.7. The van der Waals surface area contributed by atoms with Crippen molar-refractivity contribution in [1.82, 2.24) is 4.90 Å². The Morgan fingerprint density at radius 1 is 1.08 bits per heavy atom. The lowest BCUT2D eigenvalue weighted by atomic mass is 10.1. The van der Waals surface area contributed by atoms with Gasteiger partial charge in [0.05, 0.1) is 39.6 Å². The lowest BCUT2D eigenvalue weighted by Gasteiger charge is -2.25. The summed E-state index contributed by atoms with van der Waals surface area (Å²) in [5.41, 5.74) is 1.08. The highest BCUT2D eigenvalue weighted by Crippen LogP contribution is 2.28. The van der Waals surface area contributed by atoms with Crippen molar-refractivity contribution in [2.75, 3.05) is 47.6 Å². The third-order valence-electron chi connectivity index (χ3n) is 3.56. The molecule has 6 heteroatoms. The highest BCUT2D eigenvalue weighted by molar-refractivity contribution is 5.42. The summed E-state index contributed by atoms with van der Waals surface area (Å²) in [6, 6.07) is 5.84. The molecule has 1 rings (SSSR count). The molecule has 0 spiro atoms. The maximum absolute atomic E-state index is 10.2. The molecule has 0 saturated carbocycles. The molecule has 0 amide bonds. The molecule has 0 heterocycles. The van der Waals surface area contributed by atoms with Gasteiger partial charge in [-0.3, -0.25) is 4.90 Å². The number of hydrogen-bond donors (Lipinski definition) is 1. The monoisotopic (exact) mass is 341 g/mol. The number of rotatable bonds is 12. The Morgan fingerprint density at radius 3 is 2.38 bits per heavy atom. The van der Waals surface area contributed by atoms with Crippen LogP contribution in [0.2, 0.25) is 0 Å². The van der Waals surface area contributed by atoms with Gasteiger partial charge in [-0.2, -0.15) is 0 Å². The van der Waals surface area contributed by atoms with Gasteiger partial charge in [-0.25, -0.2) is 0 Å². The minimum atomic E-state index is -0.538. The molecule has 0 unspecified atom stereocenters. The molecule has 1 atom stereocenters. The van der Waals surface area contributed by atoms with E-state index in [2.05, 4.69) is 4.90 Å². The number of ether oxygens (including phenoxy) is 4. The van der Waals surface area contributed by atoms with E-state index in [0.29, 0.717) is 37.8 Å². The smallest absolute Gasteiger partial charge is 0.161 e. The Balaban J connectivity index is 2.70. The summed E-state index contributed by atoms with van der Waals surface area (Å²) in [4.78, 5) is 2.14. The largest absolute Gasteiger partial charge is 0.493 e. The van der Waals surface area contributed by atoms with Crippen molar-refractivity contribution in [3.05, 3.63) is 23.8 Å². The third-order valence-corrected chi connectivity index (χ3v) is 3.56. The van der Waals surface area contributed by atoms with E-state index in [1.807, 2.05) is 32.0 Å². The van der Waals surface area contributed by atoms with E-state index in [4.69, 9.17) is 18.9 Å². The molecule has 1 aromatic rings. The summed E-state index contributed by atoms with van der Waals surface area (Å²) in [7, 11) is 4.91. The number of hydrogen-bond acceptors (Lipinski definition) is 6. The molecule has 6 nitrogen and oxygen atoms in total. The van der Waals surface area contributed by atoms with Crippen LogP contribution in [-0.2, 0) is 16.0 Å². The second-order valence-electron chi connectivity index (χ2n) is 5.95. The van der Waals surface area contributed by atoms with Crippen molar-refractivity contribution < 1.29 is 24.1 Å². The molecule has 1 aromatic carbocycles. The summed E-state index contributed by atoms with van der Waals surface area (Å²) >= 11 is 0. The van der Waals surface area contributed by atoms with Gasteiger partial charge in [0.2, 0.25) is 0 Å². The van der Waals surface area contributed by atoms with Crippen LogP contribution in [-0.4, -0.2) is 69.8 Å². The minimum Gasteiger partial charge on any atom is -0.493 e. The second-order valence-corrected chi connectivity index (χ2v) is 5.95. The number of aliphatic hydroxyl groups is 1. The van der Waals surface area contributed by atoms with Gasteiger partial charge < -0.3 is 24.1 Å². The summed E-state index contributed by atoms with van der Waals surface area (Å²) < 4.78 is 21.3. The lowest BCUT2D eigenvalue weighted by Crippen LogP contribution is -2.37. The van der Waals surface area contributed by atoms with Crippen molar-refractivity contribution in [1.29, 1.82) is 0 Å². The average molecular weight is 341 g/mol. The maximum Gasteiger partial charge on any atom is 0.161 e. The van der Waals surface area contributed by atoms with Gasteiger partial charge in [0.1, 0.15) is 0 Å². The van der Waals surface area contributed by atoms with Gasteiger partial charge >= 0.3 is 0 Å². The molecule has 0 aliphatic rings. The van der Waals surface area contributed by atoms with Crippen molar-refractivity contribution in [3.63, 3.8) is 0 Å². The van der Waals surface area contributed by atoms with E-state index < -0.39 is 6.10 Å². The van der Waals surface area contributed by atoms with Crippen LogP contribution in [0.15, 0.2) is 18.2 Å². The van der Waals surface area contributed by atoms with E-state index in [1.165, 1.54) is 0 Å².